The fourth-order valence-electron chi connectivity index (χ4n) is 1.97. The first kappa shape index (κ1) is 16.2. The molecule has 0 radical (unpaired) electrons. The molecule has 2 N–H and O–H groups in total. The van der Waals surface area contributed by atoms with Crippen molar-refractivity contribution in [2.45, 2.75) is 0 Å². The van der Waals surface area contributed by atoms with Gasteiger partial charge < -0.3 is 10.6 Å². The van der Waals surface area contributed by atoms with Crippen LogP contribution in [0.2, 0.25) is 10.0 Å². The van der Waals surface area contributed by atoms with Crippen molar-refractivity contribution in [2.24, 2.45) is 0 Å². The van der Waals surface area contributed by atoms with Gasteiger partial charge in [-0.15, -0.1) is 0 Å². The van der Waals surface area contributed by atoms with Gasteiger partial charge in [0.2, 0.25) is 0 Å². The van der Waals surface area contributed by atoms with Crippen molar-refractivity contribution in [3.8, 4) is 0 Å². The Morgan fingerprint density at radius 2 is 1.71 bits per heavy atom. The van der Waals surface area contributed by atoms with Crippen LogP contribution in [0.15, 0.2) is 60.9 Å². The first-order chi connectivity index (χ1) is 11.6. The lowest BCUT2D eigenvalue weighted by Crippen LogP contribution is -2.14. The summed E-state index contributed by atoms with van der Waals surface area (Å²) >= 11 is 12.0. The van der Waals surface area contributed by atoms with Crippen molar-refractivity contribution < 1.29 is 4.79 Å². The predicted octanol–water partition coefficient (Wildman–Crippen LogP) is 4.78. The molecule has 3 aromatic rings. The van der Waals surface area contributed by atoms with Crippen molar-refractivity contribution >= 4 is 46.3 Å². The van der Waals surface area contributed by atoms with Gasteiger partial charge in [-0.3, -0.25) is 4.79 Å². The predicted molar refractivity (Wildman–Crippen MR) is 96.2 cm³/mol. The zero-order chi connectivity index (χ0) is 16.9. The first-order valence-electron chi connectivity index (χ1n) is 7.03. The molecule has 0 unspecified atom stereocenters. The highest BCUT2D eigenvalue weighted by atomic mass is 35.5. The second kappa shape index (κ2) is 7.29. The minimum atomic E-state index is -0.419. The topological polar surface area (TPSA) is 66.9 Å². The molecule has 7 heteroatoms. The highest BCUT2D eigenvalue weighted by Crippen LogP contribution is 2.29. The Bertz CT molecular complexity index is 854. The van der Waals surface area contributed by atoms with Gasteiger partial charge in [0, 0.05) is 5.69 Å². The molecule has 0 saturated carbocycles. The fraction of sp³-hybridized carbons (Fsp3) is 0. The first-order valence-corrected chi connectivity index (χ1v) is 7.78. The van der Waals surface area contributed by atoms with Crippen molar-refractivity contribution in [3.63, 3.8) is 0 Å². The number of halogens is 2. The van der Waals surface area contributed by atoms with E-state index in [4.69, 9.17) is 23.2 Å². The normalized spacial score (nSPS) is 10.2. The monoisotopic (exact) mass is 358 g/mol. The molecule has 0 bridgehead atoms. The standard InChI is InChI=1S/C17H12Cl2N4O/c18-12-7-4-8-13(16(12)19)23-17(24)14-9-21-15(10-20-14)22-11-5-2-1-3-6-11/h1-10H,(H,21,22)(H,23,24). The number of carbonyl (C=O) groups is 1. The van der Waals surface area contributed by atoms with Crippen LogP contribution in [0.25, 0.3) is 0 Å². The molecule has 5 nitrogen and oxygen atoms in total. The third-order valence-electron chi connectivity index (χ3n) is 3.13. The Morgan fingerprint density at radius 3 is 2.42 bits per heavy atom. The number of para-hydroxylation sites is 1. The number of nitrogens with one attached hydrogen (secondary N) is 2. The average Bonchev–Trinajstić information content (AvgIpc) is 2.60. The molecule has 3 rings (SSSR count). The van der Waals surface area contributed by atoms with E-state index in [0.29, 0.717) is 16.5 Å². The van der Waals surface area contributed by atoms with E-state index in [1.807, 2.05) is 30.3 Å². The van der Waals surface area contributed by atoms with E-state index in [-0.39, 0.29) is 10.7 Å². The quantitative estimate of drug-likeness (QED) is 0.704. The number of anilines is 3. The number of benzene rings is 2. The van der Waals surface area contributed by atoms with Crippen LogP contribution < -0.4 is 10.6 Å². The maximum Gasteiger partial charge on any atom is 0.275 e. The molecular formula is C17H12Cl2N4O. The van der Waals surface area contributed by atoms with Gasteiger partial charge in [0.1, 0.15) is 11.5 Å². The van der Waals surface area contributed by atoms with E-state index in [0.717, 1.165) is 5.69 Å². The summed E-state index contributed by atoms with van der Waals surface area (Å²) in [4.78, 5) is 20.5. The van der Waals surface area contributed by atoms with Crippen LogP contribution in [-0.2, 0) is 0 Å². The smallest absolute Gasteiger partial charge is 0.275 e. The van der Waals surface area contributed by atoms with Crippen LogP contribution >= 0.6 is 23.2 Å². The number of hydrogen-bond donors (Lipinski definition) is 2. The molecule has 0 aliphatic rings. The molecule has 1 aromatic heterocycles. The third-order valence-corrected chi connectivity index (χ3v) is 3.95. The van der Waals surface area contributed by atoms with Crippen molar-refractivity contribution in [2.75, 3.05) is 10.6 Å². The molecule has 1 amide bonds. The Labute approximate surface area is 148 Å². The molecule has 24 heavy (non-hydrogen) atoms. The molecule has 0 saturated heterocycles. The molecule has 0 aliphatic heterocycles. The number of rotatable bonds is 4. The lowest BCUT2D eigenvalue weighted by molar-refractivity contribution is 0.102. The largest absolute Gasteiger partial charge is 0.339 e. The number of aromatic nitrogens is 2. The van der Waals surface area contributed by atoms with E-state index >= 15 is 0 Å². The second-order valence-corrected chi connectivity index (χ2v) is 5.62. The van der Waals surface area contributed by atoms with Gasteiger partial charge in [-0.25, -0.2) is 9.97 Å². The van der Waals surface area contributed by atoms with Gasteiger partial charge >= 0.3 is 0 Å². The molecule has 0 spiro atoms. The molecule has 0 atom stereocenters. The van der Waals surface area contributed by atoms with Crippen LogP contribution in [0.1, 0.15) is 10.5 Å². The van der Waals surface area contributed by atoms with Crippen molar-refractivity contribution in [1.29, 1.82) is 0 Å². The summed E-state index contributed by atoms with van der Waals surface area (Å²) in [5.41, 5.74) is 1.47. The Hall–Kier alpha value is -2.63. The molecule has 0 aliphatic carbocycles. The van der Waals surface area contributed by atoms with E-state index in [1.165, 1.54) is 12.4 Å². The number of hydrogen-bond acceptors (Lipinski definition) is 4. The van der Waals surface area contributed by atoms with Crippen molar-refractivity contribution in [3.05, 3.63) is 76.7 Å². The zero-order valence-corrected chi connectivity index (χ0v) is 13.8. The summed E-state index contributed by atoms with van der Waals surface area (Å²) in [5, 5.41) is 6.39. The molecular weight excluding hydrogens is 347 g/mol. The van der Waals surface area contributed by atoms with Gasteiger partial charge in [-0.05, 0) is 24.3 Å². The number of nitrogens with zero attached hydrogens (tertiary/aromatic N) is 2. The molecule has 0 fully saturated rings. The van der Waals surface area contributed by atoms with Crippen LogP contribution in [-0.4, -0.2) is 15.9 Å². The van der Waals surface area contributed by atoms with Gasteiger partial charge in [-0.1, -0.05) is 47.5 Å². The highest BCUT2D eigenvalue weighted by molar-refractivity contribution is 6.44. The van der Waals surface area contributed by atoms with Gasteiger partial charge in [0.05, 0.1) is 28.1 Å². The van der Waals surface area contributed by atoms with Gasteiger partial charge in [0.15, 0.2) is 0 Å². The highest BCUT2D eigenvalue weighted by Gasteiger charge is 2.12. The van der Waals surface area contributed by atoms with Gasteiger partial charge in [0.25, 0.3) is 5.91 Å². The maximum absolute atomic E-state index is 12.2. The maximum atomic E-state index is 12.2. The van der Waals surface area contributed by atoms with Crippen molar-refractivity contribution in [1.82, 2.24) is 9.97 Å². The summed E-state index contributed by atoms with van der Waals surface area (Å²) < 4.78 is 0. The lowest BCUT2D eigenvalue weighted by atomic mass is 10.3. The molecule has 2 aromatic carbocycles. The van der Waals surface area contributed by atoms with E-state index in [1.54, 1.807) is 18.2 Å². The van der Waals surface area contributed by atoms with Crippen LogP contribution in [0.5, 0.6) is 0 Å². The SMILES string of the molecule is O=C(Nc1cccc(Cl)c1Cl)c1cnc(Nc2ccccc2)cn1. The zero-order valence-electron chi connectivity index (χ0n) is 12.3. The van der Waals surface area contributed by atoms with Gasteiger partial charge in [-0.2, -0.15) is 0 Å². The summed E-state index contributed by atoms with van der Waals surface area (Å²) in [7, 11) is 0. The second-order valence-electron chi connectivity index (χ2n) is 4.83. The third kappa shape index (κ3) is 3.82. The van der Waals surface area contributed by atoms with E-state index in [2.05, 4.69) is 20.6 Å². The average molecular weight is 359 g/mol. The Morgan fingerprint density at radius 1 is 0.917 bits per heavy atom. The minimum Gasteiger partial charge on any atom is -0.339 e. The summed E-state index contributed by atoms with van der Waals surface area (Å²) in [5.74, 6) is 0.122. The van der Waals surface area contributed by atoms with E-state index < -0.39 is 5.91 Å². The van der Waals surface area contributed by atoms with Crippen LogP contribution in [0.4, 0.5) is 17.2 Å². The number of amides is 1. The molecule has 1 heterocycles. The summed E-state index contributed by atoms with van der Waals surface area (Å²) in [6, 6.07) is 14.5. The number of carbonyl (C=O) groups excluding carboxylic acids is 1. The lowest BCUT2D eigenvalue weighted by Gasteiger charge is -2.08. The molecule has 120 valence electrons. The van der Waals surface area contributed by atoms with E-state index in [9.17, 15) is 4.79 Å². The fourth-order valence-corrected chi connectivity index (χ4v) is 2.31. The summed E-state index contributed by atoms with van der Waals surface area (Å²) in [6.45, 7) is 0. The summed E-state index contributed by atoms with van der Waals surface area (Å²) in [6.07, 6.45) is 2.88. The van der Waals surface area contributed by atoms with Crippen LogP contribution in [0, 0.1) is 0 Å². The minimum absolute atomic E-state index is 0.171. The Balaban J connectivity index is 1.71. The van der Waals surface area contributed by atoms with Crippen LogP contribution in [0.3, 0.4) is 0 Å². The Kier molecular flexibility index (Phi) is 4.93.